The van der Waals surface area contributed by atoms with Crippen molar-refractivity contribution in [2.45, 2.75) is 32.7 Å². The number of benzene rings is 1. The number of carbonyl (C=O) groups excluding carboxylic acids is 1. The molecule has 112 valence electrons. The first-order valence-corrected chi connectivity index (χ1v) is 6.88. The average Bonchev–Trinajstić information content (AvgIpc) is 2.42. The second kappa shape index (κ2) is 8.43. The number of carbonyl (C=O) groups is 1. The highest BCUT2D eigenvalue weighted by Gasteiger charge is 2.10. The van der Waals surface area contributed by atoms with Gasteiger partial charge in [0, 0.05) is 12.6 Å². The van der Waals surface area contributed by atoms with E-state index in [-0.39, 0.29) is 18.6 Å². The lowest BCUT2D eigenvalue weighted by molar-refractivity contribution is -0.123. The first-order chi connectivity index (χ1) is 9.56. The van der Waals surface area contributed by atoms with Crippen LogP contribution in [0.4, 0.5) is 0 Å². The van der Waals surface area contributed by atoms with Gasteiger partial charge in [0.15, 0.2) is 6.61 Å². The number of hydrogen-bond acceptors (Lipinski definition) is 4. The van der Waals surface area contributed by atoms with Crippen LogP contribution in [-0.2, 0) is 11.2 Å². The third-order valence-corrected chi connectivity index (χ3v) is 2.74. The molecule has 0 aliphatic carbocycles. The van der Waals surface area contributed by atoms with Crippen molar-refractivity contribution in [1.29, 1.82) is 0 Å². The Morgan fingerprint density at radius 1 is 1.45 bits per heavy atom. The lowest BCUT2D eigenvalue weighted by Crippen LogP contribution is -2.29. The third-order valence-electron chi connectivity index (χ3n) is 2.74. The van der Waals surface area contributed by atoms with E-state index in [1.165, 1.54) is 0 Å². The molecule has 1 aromatic carbocycles. The van der Waals surface area contributed by atoms with E-state index in [1.807, 2.05) is 32.0 Å². The molecule has 1 amide bonds. The minimum atomic E-state index is -0.116. The standard InChI is InChI=1S/C15H24N2O3/c1-4-7-17-15(18)10-20-14-6-5-13(19-3)9-12(14)8-11(2)16/h5-6,9,11H,4,7-8,10,16H2,1-3H3,(H,17,18). The minimum Gasteiger partial charge on any atom is -0.497 e. The Morgan fingerprint density at radius 2 is 2.20 bits per heavy atom. The third kappa shape index (κ3) is 5.48. The lowest BCUT2D eigenvalue weighted by Gasteiger charge is -2.14. The van der Waals surface area contributed by atoms with Gasteiger partial charge in [-0.25, -0.2) is 0 Å². The highest BCUT2D eigenvalue weighted by Crippen LogP contribution is 2.25. The Morgan fingerprint density at radius 3 is 2.80 bits per heavy atom. The smallest absolute Gasteiger partial charge is 0.257 e. The van der Waals surface area contributed by atoms with Crippen LogP contribution in [-0.4, -0.2) is 32.2 Å². The molecule has 20 heavy (non-hydrogen) atoms. The molecule has 1 unspecified atom stereocenters. The molecule has 1 atom stereocenters. The van der Waals surface area contributed by atoms with E-state index < -0.39 is 0 Å². The van der Waals surface area contributed by atoms with Crippen LogP contribution in [0.2, 0.25) is 0 Å². The summed E-state index contributed by atoms with van der Waals surface area (Å²) in [5.41, 5.74) is 6.78. The monoisotopic (exact) mass is 280 g/mol. The van der Waals surface area contributed by atoms with Gasteiger partial charge in [0.2, 0.25) is 0 Å². The second-order valence-electron chi connectivity index (χ2n) is 4.79. The molecule has 0 aliphatic heterocycles. The zero-order valence-corrected chi connectivity index (χ0v) is 12.4. The molecule has 0 saturated carbocycles. The topological polar surface area (TPSA) is 73.6 Å². The summed E-state index contributed by atoms with van der Waals surface area (Å²) in [5.74, 6) is 1.31. The highest BCUT2D eigenvalue weighted by atomic mass is 16.5. The largest absolute Gasteiger partial charge is 0.497 e. The van der Waals surface area contributed by atoms with E-state index in [4.69, 9.17) is 15.2 Å². The van der Waals surface area contributed by atoms with Gasteiger partial charge in [-0.15, -0.1) is 0 Å². The van der Waals surface area contributed by atoms with Crippen LogP contribution in [0.1, 0.15) is 25.8 Å². The van der Waals surface area contributed by atoms with Crippen LogP contribution in [0.5, 0.6) is 11.5 Å². The number of nitrogens with one attached hydrogen (secondary N) is 1. The summed E-state index contributed by atoms with van der Waals surface area (Å²) in [6.07, 6.45) is 1.58. The maximum Gasteiger partial charge on any atom is 0.257 e. The van der Waals surface area contributed by atoms with Crippen molar-refractivity contribution >= 4 is 5.91 Å². The van der Waals surface area contributed by atoms with Crippen molar-refractivity contribution in [3.8, 4) is 11.5 Å². The Balaban J connectivity index is 2.70. The van der Waals surface area contributed by atoms with Crippen molar-refractivity contribution < 1.29 is 14.3 Å². The van der Waals surface area contributed by atoms with Crippen molar-refractivity contribution in [3.63, 3.8) is 0 Å². The fourth-order valence-corrected chi connectivity index (χ4v) is 1.79. The summed E-state index contributed by atoms with van der Waals surface area (Å²) >= 11 is 0. The van der Waals surface area contributed by atoms with Gasteiger partial charge in [-0.05, 0) is 43.5 Å². The first-order valence-electron chi connectivity index (χ1n) is 6.88. The van der Waals surface area contributed by atoms with E-state index in [0.717, 1.165) is 17.7 Å². The minimum absolute atomic E-state index is 0.0122. The van der Waals surface area contributed by atoms with Crippen LogP contribution in [0.25, 0.3) is 0 Å². The molecule has 5 heteroatoms. The van der Waals surface area contributed by atoms with Crippen molar-refractivity contribution in [2.24, 2.45) is 5.73 Å². The predicted octanol–water partition coefficient (Wildman–Crippen LogP) is 1.49. The molecule has 1 rings (SSSR count). The number of amides is 1. The number of nitrogens with two attached hydrogens (primary N) is 1. The second-order valence-corrected chi connectivity index (χ2v) is 4.79. The van der Waals surface area contributed by atoms with Crippen molar-refractivity contribution in [1.82, 2.24) is 5.32 Å². The Bertz CT molecular complexity index is 433. The highest BCUT2D eigenvalue weighted by molar-refractivity contribution is 5.77. The summed E-state index contributed by atoms with van der Waals surface area (Å²) in [4.78, 5) is 11.5. The van der Waals surface area contributed by atoms with Crippen molar-refractivity contribution in [3.05, 3.63) is 23.8 Å². The summed E-state index contributed by atoms with van der Waals surface area (Å²) < 4.78 is 10.8. The predicted molar refractivity (Wildman–Crippen MR) is 79.1 cm³/mol. The van der Waals surface area contributed by atoms with Gasteiger partial charge in [-0.3, -0.25) is 4.79 Å². The zero-order valence-electron chi connectivity index (χ0n) is 12.4. The number of ether oxygens (including phenoxy) is 2. The normalized spacial score (nSPS) is 11.8. The molecular weight excluding hydrogens is 256 g/mol. The fourth-order valence-electron chi connectivity index (χ4n) is 1.79. The van der Waals surface area contributed by atoms with E-state index in [9.17, 15) is 4.79 Å². The van der Waals surface area contributed by atoms with E-state index in [0.29, 0.717) is 18.7 Å². The molecule has 0 aromatic heterocycles. The maximum absolute atomic E-state index is 11.5. The molecule has 1 aromatic rings. The molecule has 5 nitrogen and oxygen atoms in total. The van der Waals surface area contributed by atoms with Gasteiger partial charge >= 0.3 is 0 Å². The van der Waals surface area contributed by atoms with Gasteiger partial charge in [0.1, 0.15) is 11.5 Å². The fraction of sp³-hybridized carbons (Fsp3) is 0.533. The Hall–Kier alpha value is -1.75. The SMILES string of the molecule is CCCNC(=O)COc1ccc(OC)cc1CC(C)N. The summed E-state index contributed by atoms with van der Waals surface area (Å²) in [7, 11) is 1.61. The van der Waals surface area contributed by atoms with Gasteiger partial charge in [0.25, 0.3) is 5.91 Å². The number of rotatable bonds is 8. The number of hydrogen-bond donors (Lipinski definition) is 2. The van der Waals surface area contributed by atoms with Crippen LogP contribution in [0.3, 0.4) is 0 Å². The van der Waals surface area contributed by atoms with Crippen LogP contribution < -0.4 is 20.5 Å². The molecule has 0 radical (unpaired) electrons. The van der Waals surface area contributed by atoms with E-state index >= 15 is 0 Å². The Kier molecular flexibility index (Phi) is 6.87. The van der Waals surface area contributed by atoms with Gasteiger partial charge in [-0.2, -0.15) is 0 Å². The summed E-state index contributed by atoms with van der Waals surface area (Å²) in [6, 6.07) is 5.52. The molecule has 0 spiro atoms. The molecule has 0 fully saturated rings. The molecular formula is C15H24N2O3. The zero-order chi connectivity index (χ0) is 15.0. The molecule has 3 N–H and O–H groups in total. The molecule has 0 aliphatic rings. The number of methoxy groups -OCH3 is 1. The maximum atomic E-state index is 11.5. The van der Waals surface area contributed by atoms with Gasteiger partial charge in [-0.1, -0.05) is 6.92 Å². The molecule has 0 heterocycles. The van der Waals surface area contributed by atoms with Crippen LogP contribution in [0, 0.1) is 0 Å². The van der Waals surface area contributed by atoms with Crippen molar-refractivity contribution in [2.75, 3.05) is 20.3 Å². The average molecular weight is 280 g/mol. The molecule has 0 saturated heterocycles. The summed E-state index contributed by atoms with van der Waals surface area (Å²) in [5, 5.41) is 2.77. The van der Waals surface area contributed by atoms with E-state index in [2.05, 4.69) is 5.32 Å². The quantitative estimate of drug-likeness (QED) is 0.756. The van der Waals surface area contributed by atoms with Gasteiger partial charge in [0.05, 0.1) is 7.11 Å². The lowest BCUT2D eigenvalue weighted by atomic mass is 10.1. The molecule has 0 bridgehead atoms. The van der Waals surface area contributed by atoms with Crippen LogP contribution in [0.15, 0.2) is 18.2 Å². The van der Waals surface area contributed by atoms with Gasteiger partial charge < -0.3 is 20.5 Å². The summed E-state index contributed by atoms with van der Waals surface area (Å²) in [6.45, 7) is 4.61. The Labute approximate surface area is 120 Å². The first kappa shape index (κ1) is 16.3. The van der Waals surface area contributed by atoms with Crippen LogP contribution >= 0.6 is 0 Å². The van der Waals surface area contributed by atoms with E-state index in [1.54, 1.807) is 7.11 Å².